The van der Waals surface area contributed by atoms with E-state index < -0.39 is 10.0 Å². The third-order valence-corrected chi connectivity index (χ3v) is 12.1. The highest BCUT2D eigenvalue weighted by Gasteiger charge is 2.54. The van der Waals surface area contributed by atoms with Crippen molar-refractivity contribution in [3.63, 3.8) is 0 Å². The van der Waals surface area contributed by atoms with Gasteiger partial charge in [0.25, 0.3) is 10.0 Å². The van der Waals surface area contributed by atoms with Crippen molar-refractivity contribution >= 4 is 26.5 Å². The third kappa shape index (κ3) is 3.58. The third-order valence-electron chi connectivity index (χ3n) is 10.3. The first-order chi connectivity index (χ1) is 16.9. The number of hydrogen-bond donors (Lipinski definition) is 0. The second-order valence-electron chi connectivity index (χ2n) is 12.4. The summed E-state index contributed by atoms with van der Waals surface area (Å²) in [6.07, 6.45) is 11.0. The predicted molar refractivity (Wildman–Crippen MR) is 139 cm³/mol. The molecule has 188 valence electrons. The highest BCUT2D eigenvalue weighted by molar-refractivity contribution is 7.93. The van der Waals surface area contributed by atoms with Crippen molar-refractivity contribution in [2.45, 2.75) is 62.4 Å². The molecular weight excluding hydrogens is 456 g/mol. The predicted octanol–water partition coefficient (Wildman–Crippen LogP) is 5.29. The van der Waals surface area contributed by atoms with Gasteiger partial charge in [-0.3, -0.25) is 4.31 Å². The maximum Gasteiger partial charge on any atom is 0.265 e. The minimum atomic E-state index is -3.46. The maximum atomic E-state index is 13.4. The molecule has 0 aromatic heterocycles. The van der Waals surface area contributed by atoms with Gasteiger partial charge in [0.1, 0.15) is 0 Å². The quantitative estimate of drug-likeness (QED) is 0.547. The molecule has 0 N–H and O–H groups in total. The van der Waals surface area contributed by atoms with Crippen molar-refractivity contribution in [1.29, 1.82) is 0 Å². The van der Waals surface area contributed by atoms with Crippen molar-refractivity contribution in [3.8, 4) is 0 Å². The van der Waals surface area contributed by atoms with Gasteiger partial charge in [-0.05, 0) is 111 Å². The van der Waals surface area contributed by atoms with Crippen LogP contribution in [0.1, 0.15) is 51.4 Å². The Morgan fingerprint density at radius 2 is 1.60 bits per heavy atom. The van der Waals surface area contributed by atoms with Crippen LogP contribution in [0.5, 0.6) is 0 Å². The van der Waals surface area contributed by atoms with Crippen LogP contribution in [-0.4, -0.2) is 52.7 Å². The van der Waals surface area contributed by atoms with Gasteiger partial charge >= 0.3 is 0 Å². The molecule has 4 aliphatic carbocycles. The molecule has 2 aliphatic heterocycles. The summed E-state index contributed by atoms with van der Waals surface area (Å²) in [6.45, 7) is 3.72. The minimum absolute atomic E-state index is 0.346. The molecule has 5 fully saturated rings. The van der Waals surface area contributed by atoms with Gasteiger partial charge in [0.2, 0.25) is 0 Å². The maximum absolute atomic E-state index is 13.4. The van der Waals surface area contributed by atoms with Gasteiger partial charge in [-0.1, -0.05) is 24.3 Å². The molecule has 1 saturated heterocycles. The lowest BCUT2D eigenvalue weighted by Gasteiger charge is -2.59. The first kappa shape index (κ1) is 22.6. The first-order valence-electron chi connectivity index (χ1n) is 13.7. The fourth-order valence-corrected chi connectivity index (χ4v) is 10.9. The van der Waals surface area contributed by atoms with Crippen LogP contribution in [0.4, 0.5) is 5.69 Å². The van der Waals surface area contributed by atoms with E-state index >= 15 is 0 Å². The smallest absolute Gasteiger partial charge is 0.265 e. The monoisotopic (exact) mass is 494 g/mol. The van der Waals surface area contributed by atoms with E-state index in [1.807, 2.05) is 37.4 Å². The lowest BCUT2D eigenvalue weighted by Crippen LogP contribution is -2.55. The Morgan fingerprint density at radius 3 is 2.23 bits per heavy atom. The lowest BCUT2D eigenvalue weighted by molar-refractivity contribution is -0.139. The molecule has 8 rings (SSSR count). The van der Waals surface area contributed by atoms with E-state index in [2.05, 4.69) is 4.90 Å². The summed E-state index contributed by atoms with van der Waals surface area (Å²) in [4.78, 5) is 3.08. The second-order valence-corrected chi connectivity index (χ2v) is 14.2. The van der Waals surface area contributed by atoms with Crippen LogP contribution in [0, 0.1) is 29.1 Å². The molecule has 35 heavy (non-hydrogen) atoms. The average Bonchev–Trinajstić information content (AvgIpc) is 3.06. The molecule has 2 heterocycles. The van der Waals surface area contributed by atoms with Crippen LogP contribution < -0.4 is 4.31 Å². The Bertz CT molecular complexity index is 1190. The molecular formula is C29H38N2O3S. The zero-order valence-corrected chi connectivity index (χ0v) is 21.7. The molecule has 1 unspecified atom stereocenters. The summed E-state index contributed by atoms with van der Waals surface area (Å²) in [6, 6.07) is 11.6. The number of nitrogens with zero attached hydrogens (tertiary/aromatic N) is 2. The number of anilines is 1. The van der Waals surface area contributed by atoms with Crippen LogP contribution >= 0.6 is 0 Å². The Balaban J connectivity index is 1.02. The van der Waals surface area contributed by atoms with Gasteiger partial charge in [-0.25, -0.2) is 8.42 Å². The highest BCUT2D eigenvalue weighted by atomic mass is 32.2. The molecule has 1 atom stereocenters. The Morgan fingerprint density at radius 1 is 0.971 bits per heavy atom. The average molecular weight is 495 g/mol. The summed E-state index contributed by atoms with van der Waals surface area (Å²) in [7, 11) is -1.52. The molecule has 6 aliphatic rings. The van der Waals surface area contributed by atoms with E-state index in [0.29, 0.717) is 28.9 Å². The zero-order valence-electron chi connectivity index (χ0n) is 20.9. The van der Waals surface area contributed by atoms with Crippen LogP contribution in [0.3, 0.4) is 0 Å². The number of piperidine rings is 1. The lowest BCUT2D eigenvalue weighted by atomic mass is 9.48. The van der Waals surface area contributed by atoms with E-state index in [1.165, 1.54) is 38.5 Å². The van der Waals surface area contributed by atoms with Gasteiger partial charge in [0.05, 0.1) is 16.7 Å². The summed E-state index contributed by atoms with van der Waals surface area (Å²) in [5.74, 6) is 3.23. The standard InChI is InChI=1S/C29H38N2O3S/c1-34-27(29-15-21-12-22(16-29)14-23(13-21)17-29)19-30-10-8-20(9-11-30)18-31-25-6-2-4-24-5-3-7-26(28(24)25)35(31,32)33/h2-7,20-23,27H,8-19H2,1H3. The van der Waals surface area contributed by atoms with Gasteiger partial charge in [-0.2, -0.15) is 0 Å². The van der Waals surface area contributed by atoms with Crippen molar-refractivity contribution in [2.24, 2.45) is 29.1 Å². The summed E-state index contributed by atoms with van der Waals surface area (Å²) < 4.78 is 34.7. The molecule has 4 saturated carbocycles. The SMILES string of the molecule is COC(CN1CCC(CN2c3cccc4cccc(c34)S2(=O)=O)CC1)C12CC3CC(CC(C3)C1)C2. The molecule has 2 aromatic carbocycles. The second kappa shape index (κ2) is 8.19. The number of sulfonamides is 1. The topological polar surface area (TPSA) is 49.9 Å². The molecule has 5 nitrogen and oxygen atoms in total. The molecule has 0 spiro atoms. The van der Waals surface area contributed by atoms with Crippen LogP contribution in [0.2, 0.25) is 0 Å². The zero-order chi connectivity index (χ0) is 23.8. The normalized spacial score (nSPS) is 34.7. The van der Waals surface area contributed by atoms with Crippen LogP contribution in [-0.2, 0) is 14.8 Å². The molecule has 0 radical (unpaired) electrons. The Labute approximate surface area is 209 Å². The first-order valence-corrected chi connectivity index (χ1v) is 15.2. The largest absolute Gasteiger partial charge is 0.380 e. The number of likely N-dealkylation sites (tertiary alicyclic amines) is 1. The summed E-state index contributed by atoms with van der Waals surface area (Å²) in [5.41, 5.74) is 1.27. The number of ether oxygens (including phenoxy) is 1. The van der Waals surface area contributed by atoms with Crippen LogP contribution in [0.15, 0.2) is 41.3 Å². The van der Waals surface area contributed by atoms with Crippen molar-refractivity contribution in [1.82, 2.24) is 4.90 Å². The molecule has 0 amide bonds. The van der Waals surface area contributed by atoms with Crippen LogP contribution in [0.25, 0.3) is 10.8 Å². The van der Waals surface area contributed by atoms with Gasteiger partial charge in [-0.15, -0.1) is 0 Å². The fraction of sp³-hybridized carbons (Fsp3) is 0.655. The number of benzene rings is 2. The summed E-state index contributed by atoms with van der Waals surface area (Å²) in [5, 5.41) is 1.90. The number of rotatable bonds is 6. The number of methoxy groups -OCH3 is 1. The summed E-state index contributed by atoms with van der Waals surface area (Å²) >= 11 is 0. The Hall–Kier alpha value is -1.63. The fourth-order valence-electron chi connectivity index (χ4n) is 9.07. The van der Waals surface area contributed by atoms with Gasteiger partial charge in [0.15, 0.2) is 0 Å². The molecule has 6 heteroatoms. The van der Waals surface area contributed by atoms with E-state index in [1.54, 1.807) is 10.4 Å². The van der Waals surface area contributed by atoms with Gasteiger partial charge in [0, 0.05) is 25.6 Å². The number of hydrogen-bond acceptors (Lipinski definition) is 4. The minimum Gasteiger partial charge on any atom is -0.380 e. The Kier molecular flexibility index (Phi) is 5.28. The highest BCUT2D eigenvalue weighted by Crippen LogP contribution is 2.61. The van der Waals surface area contributed by atoms with E-state index in [-0.39, 0.29) is 0 Å². The van der Waals surface area contributed by atoms with E-state index in [4.69, 9.17) is 4.74 Å². The van der Waals surface area contributed by atoms with E-state index in [9.17, 15) is 8.42 Å². The van der Waals surface area contributed by atoms with Crippen molar-refractivity contribution in [2.75, 3.05) is 37.6 Å². The van der Waals surface area contributed by atoms with Crippen molar-refractivity contribution in [3.05, 3.63) is 36.4 Å². The van der Waals surface area contributed by atoms with E-state index in [0.717, 1.165) is 66.7 Å². The molecule has 2 aromatic rings. The molecule has 4 bridgehead atoms. The van der Waals surface area contributed by atoms with Crippen molar-refractivity contribution < 1.29 is 13.2 Å². The van der Waals surface area contributed by atoms with Gasteiger partial charge < -0.3 is 9.64 Å².